The Kier molecular flexibility index (Phi) is 5.30. The van der Waals surface area contributed by atoms with E-state index >= 15 is 0 Å². The van der Waals surface area contributed by atoms with E-state index in [2.05, 4.69) is 11.4 Å². The van der Waals surface area contributed by atoms with Crippen LogP contribution in [0.2, 0.25) is 0 Å². The third kappa shape index (κ3) is 4.30. The van der Waals surface area contributed by atoms with Gasteiger partial charge in [0.05, 0.1) is 11.6 Å². The van der Waals surface area contributed by atoms with Gasteiger partial charge in [-0.25, -0.2) is 0 Å². The number of nitrogens with one attached hydrogen (secondary N) is 1. The van der Waals surface area contributed by atoms with Crippen molar-refractivity contribution in [3.05, 3.63) is 83.4 Å². The summed E-state index contributed by atoms with van der Waals surface area (Å²) in [5, 5.41) is 12.0. The quantitative estimate of drug-likeness (QED) is 0.712. The lowest BCUT2D eigenvalue weighted by Gasteiger charge is -2.19. The van der Waals surface area contributed by atoms with E-state index in [-0.39, 0.29) is 12.5 Å². The lowest BCUT2D eigenvalue weighted by Crippen LogP contribution is -2.16. The summed E-state index contributed by atoms with van der Waals surface area (Å²) in [6, 6.07) is 21.6. The molecule has 3 aromatic carbocycles. The van der Waals surface area contributed by atoms with Crippen LogP contribution in [0.1, 0.15) is 21.5 Å². The van der Waals surface area contributed by atoms with E-state index in [1.54, 1.807) is 48.5 Å². The predicted octanol–water partition coefficient (Wildman–Crippen LogP) is 4.16. The van der Waals surface area contributed by atoms with Gasteiger partial charge in [0.15, 0.2) is 11.5 Å². The van der Waals surface area contributed by atoms with Gasteiger partial charge in [0, 0.05) is 22.9 Å². The summed E-state index contributed by atoms with van der Waals surface area (Å²) < 4.78 is 16.8. The van der Waals surface area contributed by atoms with Gasteiger partial charge in [-0.05, 0) is 36.4 Å². The standard InChI is InChI=1S/C23H18N2O4/c24-14-17-4-1-2-5-18(17)15-29-20-7-3-6-16(12-20)23(26)25-19-8-9-21-22(13-19)28-11-10-27-21/h1-9,12-13H,10-11,15H2,(H,25,26). The minimum atomic E-state index is -0.260. The molecule has 29 heavy (non-hydrogen) atoms. The number of fused-ring (bicyclic) bond motifs is 1. The van der Waals surface area contributed by atoms with Crippen LogP contribution in [0.4, 0.5) is 5.69 Å². The van der Waals surface area contributed by atoms with E-state index in [0.29, 0.717) is 47.3 Å². The van der Waals surface area contributed by atoms with Gasteiger partial charge in [-0.15, -0.1) is 0 Å². The molecule has 144 valence electrons. The van der Waals surface area contributed by atoms with Gasteiger partial charge in [0.1, 0.15) is 25.6 Å². The summed E-state index contributed by atoms with van der Waals surface area (Å²) in [6.07, 6.45) is 0. The van der Waals surface area contributed by atoms with E-state index in [9.17, 15) is 10.1 Å². The summed E-state index contributed by atoms with van der Waals surface area (Å²) in [6.45, 7) is 1.25. The second kappa shape index (κ2) is 8.36. The summed E-state index contributed by atoms with van der Waals surface area (Å²) >= 11 is 0. The Morgan fingerprint density at radius 1 is 1.00 bits per heavy atom. The first-order valence-corrected chi connectivity index (χ1v) is 9.15. The molecular weight excluding hydrogens is 368 g/mol. The number of hydrogen-bond donors (Lipinski definition) is 1. The number of ether oxygens (including phenoxy) is 3. The molecule has 6 nitrogen and oxygen atoms in total. The minimum Gasteiger partial charge on any atom is -0.489 e. The average Bonchev–Trinajstić information content (AvgIpc) is 2.78. The lowest BCUT2D eigenvalue weighted by atomic mass is 10.1. The maximum Gasteiger partial charge on any atom is 0.255 e. The fourth-order valence-corrected chi connectivity index (χ4v) is 2.97. The number of rotatable bonds is 5. The number of nitrogens with zero attached hydrogens (tertiary/aromatic N) is 1. The molecule has 0 radical (unpaired) electrons. The normalized spacial score (nSPS) is 12.0. The van der Waals surface area contributed by atoms with Gasteiger partial charge in [-0.2, -0.15) is 5.26 Å². The molecule has 0 bridgehead atoms. The maximum absolute atomic E-state index is 12.6. The molecule has 1 amide bonds. The first-order chi connectivity index (χ1) is 14.2. The molecule has 4 rings (SSSR count). The van der Waals surface area contributed by atoms with Crippen molar-refractivity contribution in [2.75, 3.05) is 18.5 Å². The van der Waals surface area contributed by atoms with Crippen molar-refractivity contribution < 1.29 is 19.0 Å². The van der Waals surface area contributed by atoms with Gasteiger partial charge < -0.3 is 19.5 Å². The summed E-state index contributed by atoms with van der Waals surface area (Å²) in [5.74, 6) is 1.57. The van der Waals surface area contributed by atoms with Crippen molar-refractivity contribution in [2.45, 2.75) is 6.61 Å². The molecule has 0 unspecified atom stereocenters. The smallest absolute Gasteiger partial charge is 0.255 e. The van der Waals surface area contributed by atoms with Crippen molar-refractivity contribution >= 4 is 11.6 Å². The van der Waals surface area contributed by atoms with Crippen LogP contribution in [-0.4, -0.2) is 19.1 Å². The Labute approximate surface area is 168 Å². The van der Waals surface area contributed by atoms with E-state index in [0.717, 1.165) is 5.56 Å². The highest BCUT2D eigenvalue weighted by molar-refractivity contribution is 6.04. The van der Waals surface area contributed by atoms with Gasteiger partial charge >= 0.3 is 0 Å². The van der Waals surface area contributed by atoms with Crippen molar-refractivity contribution in [1.29, 1.82) is 5.26 Å². The molecule has 3 aromatic rings. The highest BCUT2D eigenvalue weighted by atomic mass is 16.6. The zero-order valence-electron chi connectivity index (χ0n) is 15.6. The van der Waals surface area contributed by atoms with Crippen LogP contribution in [0.5, 0.6) is 17.2 Å². The number of hydrogen-bond acceptors (Lipinski definition) is 5. The Balaban J connectivity index is 1.44. The maximum atomic E-state index is 12.6. The van der Waals surface area contributed by atoms with E-state index in [1.165, 1.54) is 0 Å². The van der Waals surface area contributed by atoms with Crippen LogP contribution in [0.25, 0.3) is 0 Å². The topological polar surface area (TPSA) is 80.6 Å². The van der Waals surface area contributed by atoms with Gasteiger partial charge in [0.25, 0.3) is 5.91 Å². The molecule has 0 fully saturated rings. The molecular formula is C23H18N2O4. The van der Waals surface area contributed by atoms with Crippen LogP contribution in [-0.2, 0) is 6.61 Å². The zero-order chi connectivity index (χ0) is 20.1. The number of anilines is 1. The molecule has 0 spiro atoms. The molecule has 0 aromatic heterocycles. The molecule has 0 saturated carbocycles. The van der Waals surface area contributed by atoms with Gasteiger partial charge in [0.2, 0.25) is 0 Å². The third-order valence-electron chi connectivity index (χ3n) is 4.43. The first kappa shape index (κ1) is 18.4. The lowest BCUT2D eigenvalue weighted by molar-refractivity contribution is 0.102. The predicted molar refractivity (Wildman–Crippen MR) is 107 cm³/mol. The molecule has 6 heteroatoms. The minimum absolute atomic E-state index is 0.247. The molecule has 0 saturated heterocycles. The number of amides is 1. The average molecular weight is 386 g/mol. The summed E-state index contributed by atoms with van der Waals surface area (Å²) in [7, 11) is 0. The fourth-order valence-electron chi connectivity index (χ4n) is 2.97. The number of nitriles is 1. The van der Waals surface area contributed by atoms with Crippen molar-refractivity contribution in [3.63, 3.8) is 0 Å². The number of carbonyl (C=O) groups is 1. The van der Waals surface area contributed by atoms with Crippen LogP contribution in [0.3, 0.4) is 0 Å². The third-order valence-corrected chi connectivity index (χ3v) is 4.43. The van der Waals surface area contributed by atoms with Crippen LogP contribution in [0.15, 0.2) is 66.7 Å². The van der Waals surface area contributed by atoms with Crippen molar-refractivity contribution in [2.24, 2.45) is 0 Å². The monoisotopic (exact) mass is 386 g/mol. The fraction of sp³-hybridized carbons (Fsp3) is 0.130. The summed E-state index contributed by atoms with van der Waals surface area (Å²) in [5.41, 5.74) is 2.45. The van der Waals surface area contributed by atoms with Crippen LogP contribution >= 0.6 is 0 Å². The second-order valence-electron chi connectivity index (χ2n) is 6.40. The highest BCUT2D eigenvalue weighted by Crippen LogP contribution is 2.32. The highest BCUT2D eigenvalue weighted by Gasteiger charge is 2.14. The molecule has 1 aliphatic heterocycles. The van der Waals surface area contributed by atoms with E-state index in [4.69, 9.17) is 14.2 Å². The van der Waals surface area contributed by atoms with Crippen molar-refractivity contribution in [3.8, 4) is 23.3 Å². The van der Waals surface area contributed by atoms with Gasteiger partial charge in [-0.3, -0.25) is 4.79 Å². The molecule has 1 aliphatic rings. The molecule has 1 heterocycles. The van der Waals surface area contributed by atoms with Crippen LogP contribution < -0.4 is 19.5 Å². The Morgan fingerprint density at radius 3 is 2.69 bits per heavy atom. The van der Waals surface area contributed by atoms with E-state index < -0.39 is 0 Å². The van der Waals surface area contributed by atoms with Gasteiger partial charge in [-0.1, -0.05) is 24.3 Å². The van der Waals surface area contributed by atoms with E-state index in [1.807, 2.05) is 18.2 Å². The molecule has 1 N–H and O–H groups in total. The van der Waals surface area contributed by atoms with Crippen molar-refractivity contribution in [1.82, 2.24) is 0 Å². The Morgan fingerprint density at radius 2 is 1.83 bits per heavy atom. The zero-order valence-corrected chi connectivity index (χ0v) is 15.6. The SMILES string of the molecule is N#Cc1ccccc1COc1cccc(C(=O)Nc2ccc3c(c2)OCCO3)c1. The first-order valence-electron chi connectivity index (χ1n) is 9.15. The molecule has 0 atom stereocenters. The van der Waals surface area contributed by atoms with Crippen LogP contribution in [0, 0.1) is 11.3 Å². The largest absolute Gasteiger partial charge is 0.489 e. The number of carbonyl (C=O) groups excluding carboxylic acids is 1. The number of benzene rings is 3. The Bertz CT molecular complexity index is 1090. The Hall–Kier alpha value is -3.98. The summed E-state index contributed by atoms with van der Waals surface area (Å²) in [4.78, 5) is 12.6. The second-order valence-corrected chi connectivity index (χ2v) is 6.40. The molecule has 0 aliphatic carbocycles.